The molecule has 31 heavy (non-hydrogen) atoms. The van der Waals surface area contributed by atoms with E-state index < -0.39 is 29.3 Å². The largest absolute Gasteiger partial charge is 0.503 e. The molecule has 0 fully saturated rings. The van der Waals surface area contributed by atoms with Crippen molar-refractivity contribution in [3.63, 3.8) is 0 Å². The summed E-state index contributed by atoms with van der Waals surface area (Å²) in [6.45, 7) is 0. The SMILES string of the molecule is COc1cc(C=C2C(=O)N(c3cccc(C(=O)O)c3)N=C2C(F)(F)F)c(Br)c(Br)c1O. The highest BCUT2D eigenvalue weighted by Crippen LogP contribution is 2.43. The Labute approximate surface area is 189 Å². The van der Waals surface area contributed by atoms with Gasteiger partial charge in [0.15, 0.2) is 17.2 Å². The van der Waals surface area contributed by atoms with E-state index in [2.05, 4.69) is 37.0 Å². The number of benzene rings is 2. The maximum atomic E-state index is 13.6. The lowest BCUT2D eigenvalue weighted by Gasteiger charge is -2.13. The molecule has 0 aromatic heterocycles. The van der Waals surface area contributed by atoms with Gasteiger partial charge in [-0.25, -0.2) is 4.79 Å². The van der Waals surface area contributed by atoms with Crippen LogP contribution in [-0.2, 0) is 4.79 Å². The predicted molar refractivity (Wildman–Crippen MR) is 112 cm³/mol. The summed E-state index contributed by atoms with van der Waals surface area (Å²) in [5.41, 5.74) is -2.48. The minimum atomic E-state index is -4.97. The van der Waals surface area contributed by atoms with Crippen LogP contribution in [0.5, 0.6) is 11.5 Å². The van der Waals surface area contributed by atoms with E-state index in [9.17, 15) is 27.9 Å². The number of carbonyl (C=O) groups excluding carboxylic acids is 1. The molecule has 2 aromatic carbocycles. The van der Waals surface area contributed by atoms with E-state index >= 15 is 0 Å². The first-order valence-corrected chi connectivity index (χ1v) is 9.85. The summed E-state index contributed by atoms with van der Waals surface area (Å²) in [6, 6.07) is 6.06. The zero-order valence-electron chi connectivity index (χ0n) is 15.4. The summed E-state index contributed by atoms with van der Waals surface area (Å²) in [7, 11) is 1.26. The molecule has 1 heterocycles. The molecule has 3 rings (SSSR count). The zero-order chi connectivity index (χ0) is 23.1. The number of hydrazone groups is 1. The van der Waals surface area contributed by atoms with Crippen molar-refractivity contribution < 1.29 is 37.7 Å². The first kappa shape index (κ1) is 22.8. The predicted octanol–water partition coefficient (Wildman–Crippen LogP) is 4.97. The van der Waals surface area contributed by atoms with E-state index in [0.717, 1.165) is 12.1 Å². The van der Waals surface area contributed by atoms with Crippen LogP contribution in [0.25, 0.3) is 6.08 Å². The number of carbonyl (C=O) groups is 2. The van der Waals surface area contributed by atoms with Gasteiger partial charge in [0.2, 0.25) is 0 Å². The molecule has 0 spiro atoms. The second-order valence-corrected chi connectivity index (χ2v) is 7.71. The molecule has 0 bridgehead atoms. The van der Waals surface area contributed by atoms with Crippen LogP contribution in [0.2, 0.25) is 0 Å². The highest BCUT2D eigenvalue weighted by Gasteiger charge is 2.47. The van der Waals surface area contributed by atoms with Gasteiger partial charge in [0.05, 0.1) is 28.4 Å². The number of hydrogen-bond acceptors (Lipinski definition) is 5. The van der Waals surface area contributed by atoms with Crippen molar-refractivity contribution >= 4 is 61.2 Å². The number of ether oxygens (including phenoxy) is 1. The van der Waals surface area contributed by atoms with Crippen LogP contribution in [0.1, 0.15) is 15.9 Å². The molecule has 1 aliphatic rings. The van der Waals surface area contributed by atoms with Crippen LogP contribution in [0, 0.1) is 0 Å². The summed E-state index contributed by atoms with van der Waals surface area (Å²) in [6.07, 6.45) is -4.02. The Kier molecular flexibility index (Phi) is 6.14. The second kappa shape index (κ2) is 8.35. The molecule has 12 heteroatoms. The molecule has 0 unspecified atom stereocenters. The number of carboxylic acids is 1. The molecule has 1 aliphatic heterocycles. The number of methoxy groups -OCH3 is 1. The van der Waals surface area contributed by atoms with Crippen molar-refractivity contribution in [2.75, 3.05) is 12.1 Å². The van der Waals surface area contributed by atoms with Gasteiger partial charge < -0.3 is 14.9 Å². The molecule has 0 saturated carbocycles. The Morgan fingerprint density at radius 2 is 1.90 bits per heavy atom. The number of anilines is 1. The van der Waals surface area contributed by atoms with E-state index in [0.29, 0.717) is 5.01 Å². The van der Waals surface area contributed by atoms with Crippen molar-refractivity contribution in [1.29, 1.82) is 0 Å². The molecule has 1 amide bonds. The number of alkyl halides is 3. The smallest absolute Gasteiger partial charge is 0.435 e. The van der Waals surface area contributed by atoms with Gasteiger partial charge in [-0.05, 0) is 67.8 Å². The molecular weight excluding hydrogens is 553 g/mol. The number of phenolic OH excluding ortho intramolecular Hbond substituents is 1. The summed E-state index contributed by atoms with van der Waals surface area (Å²) in [4.78, 5) is 24.0. The topological polar surface area (TPSA) is 99.4 Å². The Morgan fingerprint density at radius 3 is 2.48 bits per heavy atom. The van der Waals surface area contributed by atoms with Crippen molar-refractivity contribution in [2.24, 2.45) is 5.10 Å². The van der Waals surface area contributed by atoms with Gasteiger partial charge in [0, 0.05) is 4.47 Å². The molecule has 7 nitrogen and oxygen atoms in total. The average molecular weight is 564 g/mol. The van der Waals surface area contributed by atoms with Gasteiger partial charge in [-0.15, -0.1) is 0 Å². The minimum absolute atomic E-state index is 0.0381. The van der Waals surface area contributed by atoms with Crippen LogP contribution >= 0.6 is 31.9 Å². The Bertz CT molecular complexity index is 1160. The van der Waals surface area contributed by atoms with Gasteiger partial charge in [-0.2, -0.15) is 23.3 Å². The number of rotatable bonds is 4. The maximum Gasteiger partial charge on any atom is 0.435 e. The molecule has 0 saturated heterocycles. The van der Waals surface area contributed by atoms with Crippen molar-refractivity contribution in [2.45, 2.75) is 6.18 Å². The fourth-order valence-electron chi connectivity index (χ4n) is 2.73. The van der Waals surface area contributed by atoms with Crippen LogP contribution < -0.4 is 9.75 Å². The fourth-order valence-corrected chi connectivity index (χ4v) is 3.57. The lowest BCUT2D eigenvalue weighted by atomic mass is 10.1. The Hall–Kier alpha value is -2.86. The number of aromatic hydroxyl groups is 1. The first-order chi connectivity index (χ1) is 14.5. The van der Waals surface area contributed by atoms with Gasteiger partial charge in [0.25, 0.3) is 5.91 Å². The van der Waals surface area contributed by atoms with Crippen molar-refractivity contribution in [3.05, 3.63) is 56.0 Å². The lowest BCUT2D eigenvalue weighted by molar-refractivity contribution is -0.114. The molecule has 162 valence electrons. The van der Waals surface area contributed by atoms with Gasteiger partial charge in [-0.3, -0.25) is 4.79 Å². The van der Waals surface area contributed by atoms with E-state index in [1.165, 1.54) is 31.4 Å². The molecule has 0 atom stereocenters. The molecule has 0 radical (unpaired) electrons. The van der Waals surface area contributed by atoms with Crippen LogP contribution in [0.15, 0.2) is 50.0 Å². The normalized spacial score (nSPS) is 15.4. The van der Waals surface area contributed by atoms with E-state index in [4.69, 9.17) is 9.84 Å². The third kappa shape index (κ3) is 4.30. The number of hydrogen-bond donors (Lipinski definition) is 2. The average Bonchev–Trinajstić information content (AvgIpc) is 3.05. The number of nitrogens with zero attached hydrogens (tertiary/aromatic N) is 2. The van der Waals surface area contributed by atoms with E-state index in [-0.39, 0.29) is 37.3 Å². The second-order valence-electron chi connectivity index (χ2n) is 6.12. The maximum absolute atomic E-state index is 13.6. The van der Waals surface area contributed by atoms with Gasteiger partial charge in [-0.1, -0.05) is 6.07 Å². The summed E-state index contributed by atoms with van der Waals surface area (Å²) >= 11 is 6.26. The van der Waals surface area contributed by atoms with Crippen LogP contribution in [0.4, 0.5) is 18.9 Å². The van der Waals surface area contributed by atoms with Crippen molar-refractivity contribution in [3.8, 4) is 11.5 Å². The number of halogens is 5. The van der Waals surface area contributed by atoms with E-state index in [1.54, 1.807) is 0 Å². The summed E-state index contributed by atoms with van der Waals surface area (Å²) < 4.78 is 46.2. The fraction of sp³-hybridized carbons (Fsp3) is 0.105. The van der Waals surface area contributed by atoms with Crippen molar-refractivity contribution in [1.82, 2.24) is 0 Å². The standard InChI is InChI=1S/C19H11Br2F3N2O5/c1-31-12-7-9(13(20)14(21)15(12)27)6-11-16(19(22,23)24)25-26(17(11)28)10-4-2-3-8(5-10)18(29)30/h2-7,27H,1H3,(H,29,30). The highest BCUT2D eigenvalue weighted by atomic mass is 79.9. The van der Waals surface area contributed by atoms with E-state index in [1.807, 2.05) is 0 Å². The third-order valence-corrected chi connectivity index (χ3v) is 6.34. The Morgan fingerprint density at radius 1 is 1.23 bits per heavy atom. The summed E-state index contributed by atoms with van der Waals surface area (Å²) in [5, 5.41) is 23.0. The highest BCUT2D eigenvalue weighted by molar-refractivity contribution is 9.13. The Balaban J connectivity index is 2.17. The quantitative estimate of drug-likeness (QED) is 0.512. The molecule has 2 aromatic rings. The molecule has 0 aliphatic carbocycles. The van der Waals surface area contributed by atoms with Gasteiger partial charge >= 0.3 is 12.1 Å². The lowest BCUT2D eigenvalue weighted by Crippen LogP contribution is -2.25. The number of aromatic carboxylic acids is 1. The number of amides is 1. The first-order valence-electron chi connectivity index (χ1n) is 8.26. The monoisotopic (exact) mass is 562 g/mol. The number of carboxylic acid groups (broad SMARTS) is 1. The molecule has 2 N–H and O–H groups in total. The summed E-state index contributed by atoms with van der Waals surface area (Å²) in [5.74, 6) is -2.74. The zero-order valence-corrected chi connectivity index (χ0v) is 18.5. The van der Waals surface area contributed by atoms with Crippen LogP contribution in [-0.4, -0.2) is 41.1 Å². The van der Waals surface area contributed by atoms with Gasteiger partial charge in [0.1, 0.15) is 0 Å². The minimum Gasteiger partial charge on any atom is -0.503 e. The van der Waals surface area contributed by atoms with Crippen LogP contribution in [0.3, 0.4) is 0 Å². The third-order valence-electron chi connectivity index (χ3n) is 4.18. The molecular formula is C19H11Br2F3N2O5. The number of phenols is 1.